The summed E-state index contributed by atoms with van der Waals surface area (Å²) in [6, 6.07) is 11.4. The van der Waals surface area contributed by atoms with Crippen molar-refractivity contribution in [3.63, 3.8) is 0 Å². The highest BCUT2D eigenvalue weighted by molar-refractivity contribution is 6.01. The van der Waals surface area contributed by atoms with Gasteiger partial charge in [0, 0.05) is 6.42 Å². The van der Waals surface area contributed by atoms with Gasteiger partial charge in [0.1, 0.15) is 5.92 Å². The highest BCUT2D eigenvalue weighted by Crippen LogP contribution is 2.39. The number of hydrogen-bond acceptors (Lipinski definition) is 5. The van der Waals surface area contributed by atoms with Crippen LogP contribution < -0.4 is 9.47 Å². The van der Waals surface area contributed by atoms with Crippen molar-refractivity contribution in [1.29, 1.82) is 0 Å². The summed E-state index contributed by atoms with van der Waals surface area (Å²) in [6.45, 7) is 0. The number of Topliss-reactive ketones (excluding diaryl/α,β-unsaturated/α-hetero) is 1. The lowest BCUT2D eigenvalue weighted by molar-refractivity contribution is -0.149. The van der Waals surface area contributed by atoms with E-state index in [2.05, 4.69) is 0 Å². The van der Waals surface area contributed by atoms with Crippen molar-refractivity contribution in [3.8, 4) is 22.6 Å². The van der Waals surface area contributed by atoms with Crippen LogP contribution in [-0.2, 0) is 27.2 Å². The van der Waals surface area contributed by atoms with Gasteiger partial charge in [-0.1, -0.05) is 24.3 Å². The van der Waals surface area contributed by atoms with Crippen molar-refractivity contribution in [2.75, 3.05) is 21.3 Å². The van der Waals surface area contributed by atoms with Gasteiger partial charge in [-0.25, -0.2) is 0 Å². The van der Waals surface area contributed by atoms with Crippen molar-refractivity contribution >= 4 is 11.8 Å². The molecule has 0 unspecified atom stereocenters. The molecule has 2 aromatic rings. The molecule has 5 heteroatoms. The number of benzene rings is 2. The average Bonchev–Trinajstić information content (AvgIpc) is 2.64. The van der Waals surface area contributed by atoms with E-state index in [4.69, 9.17) is 14.2 Å². The summed E-state index contributed by atoms with van der Waals surface area (Å²) in [7, 11) is 4.45. The van der Waals surface area contributed by atoms with E-state index in [-0.39, 0.29) is 18.6 Å². The van der Waals surface area contributed by atoms with Gasteiger partial charge in [0.15, 0.2) is 17.3 Å². The second-order valence-corrected chi connectivity index (χ2v) is 5.94. The molecule has 0 aliphatic heterocycles. The number of ether oxygens (including phenoxy) is 3. The Balaban J connectivity index is 2.24. The highest BCUT2D eigenvalue weighted by Gasteiger charge is 2.32. The summed E-state index contributed by atoms with van der Waals surface area (Å²) in [6.07, 6.45) is 0.471. The van der Waals surface area contributed by atoms with Gasteiger partial charge >= 0.3 is 5.97 Å². The molecule has 5 nitrogen and oxygen atoms in total. The Morgan fingerprint density at radius 2 is 1.64 bits per heavy atom. The molecule has 0 saturated carbocycles. The number of carbonyl (C=O) groups excluding carboxylic acids is 2. The Kier molecular flexibility index (Phi) is 4.74. The Morgan fingerprint density at radius 3 is 2.32 bits per heavy atom. The molecule has 3 rings (SSSR count). The minimum absolute atomic E-state index is 0.139. The lowest BCUT2D eigenvalue weighted by Gasteiger charge is -2.23. The van der Waals surface area contributed by atoms with E-state index < -0.39 is 11.9 Å². The zero-order valence-electron chi connectivity index (χ0n) is 14.5. The molecule has 0 N–H and O–H groups in total. The van der Waals surface area contributed by atoms with Gasteiger partial charge in [0.25, 0.3) is 0 Å². The Labute approximate surface area is 146 Å². The fourth-order valence-corrected chi connectivity index (χ4v) is 3.28. The van der Waals surface area contributed by atoms with Crippen LogP contribution >= 0.6 is 0 Å². The number of fused-ring (bicyclic) bond motifs is 3. The molecular formula is C20H20O5. The molecule has 130 valence electrons. The number of hydrogen-bond donors (Lipinski definition) is 0. The molecule has 0 radical (unpaired) electrons. The molecule has 0 bridgehead atoms. The second-order valence-electron chi connectivity index (χ2n) is 5.94. The molecular weight excluding hydrogens is 320 g/mol. The first-order valence-corrected chi connectivity index (χ1v) is 8.02. The van der Waals surface area contributed by atoms with Crippen LogP contribution in [0, 0.1) is 5.92 Å². The first-order valence-electron chi connectivity index (χ1n) is 8.02. The van der Waals surface area contributed by atoms with Crippen molar-refractivity contribution in [1.82, 2.24) is 0 Å². The van der Waals surface area contributed by atoms with Gasteiger partial charge in [0.05, 0.1) is 21.3 Å². The van der Waals surface area contributed by atoms with Gasteiger partial charge in [-0.15, -0.1) is 0 Å². The maximum atomic E-state index is 12.7. The van der Waals surface area contributed by atoms with Crippen molar-refractivity contribution in [3.05, 3.63) is 47.5 Å². The van der Waals surface area contributed by atoms with Crippen LogP contribution in [0.25, 0.3) is 11.1 Å². The van der Waals surface area contributed by atoms with E-state index in [1.807, 2.05) is 36.4 Å². The molecule has 25 heavy (non-hydrogen) atoms. The molecule has 0 fully saturated rings. The molecule has 1 atom stereocenters. The first kappa shape index (κ1) is 17.0. The van der Waals surface area contributed by atoms with Crippen LogP contribution in [0.1, 0.15) is 11.1 Å². The van der Waals surface area contributed by atoms with Crippen molar-refractivity contribution < 1.29 is 23.8 Å². The molecule has 2 aromatic carbocycles. The van der Waals surface area contributed by atoms with Crippen LogP contribution in [0.15, 0.2) is 36.4 Å². The fraction of sp³-hybridized carbons (Fsp3) is 0.300. The molecule has 1 aliphatic carbocycles. The van der Waals surface area contributed by atoms with Crippen LogP contribution in [-0.4, -0.2) is 33.1 Å². The predicted molar refractivity (Wildman–Crippen MR) is 92.9 cm³/mol. The molecule has 0 saturated heterocycles. The lowest BCUT2D eigenvalue weighted by Crippen LogP contribution is -2.30. The van der Waals surface area contributed by atoms with Crippen LogP contribution in [0.3, 0.4) is 0 Å². The third-order valence-electron chi connectivity index (χ3n) is 4.58. The van der Waals surface area contributed by atoms with Gasteiger partial charge in [-0.2, -0.15) is 0 Å². The summed E-state index contributed by atoms with van der Waals surface area (Å²) in [4.78, 5) is 24.8. The summed E-state index contributed by atoms with van der Waals surface area (Å²) in [5.74, 6) is -0.298. The first-order chi connectivity index (χ1) is 12.1. The molecule has 0 amide bonds. The minimum atomic E-state index is -0.824. The van der Waals surface area contributed by atoms with Gasteiger partial charge in [-0.05, 0) is 40.8 Å². The zero-order chi connectivity index (χ0) is 18.0. The maximum Gasteiger partial charge on any atom is 0.316 e. The van der Waals surface area contributed by atoms with Crippen LogP contribution in [0.5, 0.6) is 11.5 Å². The predicted octanol–water partition coefficient (Wildman–Crippen LogP) is 2.83. The monoisotopic (exact) mass is 340 g/mol. The van der Waals surface area contributed by atoms with Gasteiger partial charge in [-0.3, -0.25) is 9.59 Å². The third kappa shape index (κ3) is 3.09. The number of esters is 1. The Bertz CT molecular complexity index is 825. The highest BCUT2D eigenvalue weighted by atomic mass is 16.5. The average molecular weight is 340 g/mol. The topological polar surface area (TPSA) is 61.8 Å². The van der Waals surface area contributed by atoms with E-state index in [0.29, 0.717) is 11.5 Å². The van der Waals surface area contributed by atoms with Crippen molar-refractivity contribution in [2.45, 2.75) is 12.8 Å². The van der Waals surface area contributed by atoms with E-state index in [1.165, 1.54) is 7.11 Å². The number of carbonyl (C=O) groups is 2. The Hall–Kier alpha value is -2.82. The number of rotatable bonds is 3. The van der Waals surface area contributed by atoms with Crippen LogP contribution in [0.4, 0.5) is 0 Å². The number of methoxy groups -OCH3 is 3. The third-order valence-corrected chi connectivity index (χ3v) is 4.58. The van der Waals surface area contributed by atoms with Gasteiger partial charge < -0.3 is 14.2 Å². The van der Waals surface area contributed by atoms with E-state index in [0.717, 1.165) is 22.3 Å². The van der Waals surface area contributed by atoms with Crippen molar-refractivity contribution in [2.24, 2.45) is 5.92 Å². The second kappa shape index (κ2) is 6.97. The molecule has 0 spiro atoms. The molecule has 0 heterocycles. The summed E-state index contributed by atoms with van der Waals surface area (Å²) in [5.41, 5.74) is 3.65. The summed E-state index contributed by atoms with van der Waals surface area (Å²) >= 11 is 0. The quantitative estimate of drug-likeness (QED) is 0.635. The standard InChI is InChI=1S/C20H20O5/c1-23-18-10-13-8-16(20(22)25-3)17(21)9-12-6-4-5-7-14(12)15(13)11-19(18)24-2/h4-7,10-11,16H,8-9H2,1-3H3/t16-/m0/s1. The Morgan fingerprint density at radius 1 is 0.960 bits per heavy atom. The SMILES string of the molecule is COC(=O)[C@H]1Cc2cc(OC)c(OC)cc2-c2ccccc2CC1=O. The number of ketones is 1. The van der Waals surface area contributed by atoms with E-state index in [1.54, 1.807) is 14.2 Å². The lowest BCUT2D eigenvalue weighted by atomic mass is 9.82. The molecule has 1 aliphatic rings. The fourth-order valence-electron chi connectivity index (χ4n) is 3.28. The normalized spacial score (nSPS) is 16.1. The van der Waals surface area contributed by atoms with Gasteiger partial charge in [0.2, 0.25) is 0 Å². The van der Waals surface area contributed by atoms with E-state index >= 15 is 0 Å². The summed E-state index contributed by atoms with van der Waals surface area (Å²) in [5, 5.41) is 0. The molecule has 0 aromatic heterocycles. The van der Waals surface area contributed by atoms with Crippen LogP contribution in [0.2, 0.25) is 0 Å². The summed E-state index contributed by atoms with van der Waals surface area (Å²) < 4.78 is 15.7. The van der Waals surface area contributed by atoms with E-state index in [9.17, 15) is 9.59 Å². The zero-order valence-corrected chi connectivity index (χ0v) is 14.5. The minimum Gasteiger partial charge on any atom is -0.493 e. The smallest absolute Gasteiger partial charge is 0.316 e. The maximum absolute atomic E-state index is 12.7. The largest absolute Gasteiger partial charge is 0.493 e.